The summed E-state index contributed by atoms with van der Waals surface area (Å²) in [6, 6.07) is 14.3. The summed E-state index contributed by atoms with van der Waals surface area (Å²) in [6.07, 6.45) is 0. The zero-order chi connectivity index (χ0) is 17.6. The van der Waals surface area contributed by atoms with Crippen molar-refractivity contribution in [2.45, 2.75) is 13.5 Å². The summed E-state index contributed by atoms with van der Waals surface area (Å²) >= 11 is 0. The molecule has 0 aliphatic rings. The number of carbonyl (C=O) groups is 2. The Hall–Kier alpha value is -3.22. The summed E-state index contributed by atoms with van der Waals surface area (Å²) in [7, 11) is 0. The highest BCUT2D eigenvalue weighted by Gasteiger charge is 2.10. The number of nitrogens with one attached hydrogen (secondary N) is 2. The van der Waals surface area contributed by atoms with E-state index in [1.165, 1.54) is 0 Å². The minimum atomic E-state index is -0.207. The topological polar surface area (TPSA) is 88.9 Å². The van der Waals surface area contributed by atoms with Crippen molar-refractivity contribution in [3.05, 3.63) is 59.7 Å². The van der Waals surface area contributed by atoms with E-state index < -0.39 is 0 Å². The fourth-order valence-electron chi connectivity index (χ4n) is 2.49. The maximum Gasteiger partial charge on any atom is 0.251 e. The molecule has 0 atom stereocenters. The summed E-state index contributed by atoms with van der Waals surface area (Å²) < 4.78 is 1.77. The van der Waals surface area contributed by atoms with Crippen LogP contribution in [0.25, 0.3) is 11.0 Å². The highest BCUT2D eigenvalue weighted by molar-refractivity contribution is 5.97. The number of hydrogen-bond acceptors (Lipinski definition) is 4. The second-order valence-corrected chi connectivity index (χ2v) is 5.49. The molecule has 0 bridgehead atoms. The standard InChI is InChI=1S/C18H19N5O2/c1-2-23-16-9-8-14(12-15(16)21-22-23)18(25)20-11-10-19-17(24)13-6-4-3-5-7-13/h3-9,12H,2,10-11H2,1H3,(H,19,24)(H,20,25). The lowest BCUT2D eigenvalue weighted by atomic mass is 10.2. The number of aryl methyl sites for hydroxylation is 1. The van der Waals surface area contributed by atoms with E-state index in [2.05, 4.69) is 20.9 Å². The molecule has 2 N–H and O–H groups in total. The van der Waals surface area contributed by atoms with Gasteiger partial charge in [0.05, 0.1) is 5.52 Å². The van der Waals surface area contributed by atoms with Crippen LogP contribution in [0.4, 0.5) is 0 Å². The quantitative estimate of drug-likeness (QED) is 0.669. The Bertz CT molecular complexity index is 889. The summed E-state index contributed by atoms with van der Waals surface area (Å²) in [5.74, 6) is -0.366. The fraction of sp³-hybridized carbons (Fsp3) is 0.222. The summed E-state index contributed by atoms with van der Waals surface area (Å²) in [5.41, 5.74) is 2.70. The minimum absolute atomic E-state index is 0.160. The molecule has 128 valence electrons. The van der Waals surface area contributed by atoms with Gasteiger partial charge in [-0.05, 0) is 37.3 Å². The zero-order valence-electron chi connectivity index (χ0n) is 13.9. The molecule has 0 saturated carbocycles. The second-order valence-electron chi connectivity index (χ2n) is 5.49. The van der Waals surface area contributed by atoms with Gasteiger partial charge in [-0.3, -0.25) is 9.59 Å². The van der Waals surface area contributed by atoms with Crippen LogP contribution in [0.2, 0.25) is 0 Å². The maximum absolute atomic E-state index is 12.2. The predicted octanol–water partition coefficient (Wildman–Crippen LogP) is 1.61. The van der Waals surface area contributed by atoms with Crippen molar-refractivity contribution >= 4 is 22.8 Å². The van der Waals surface area contributed by atoms with Crippen molar-refractivity contribution in [3.63, 3.8) is 0 Å². The third-order valence-electron chi connectivity index (χ3n) is 3.81. The Kier molecular flexibility index (Phi) is 5.03. The van der Waals surface area contributed by atoms with Gasteiger partial charge in [0, 0.05) is 30.8 Å². The van der Waals surface area contributed by atoms with Crippen molar-refractivity contribution in [3.8, 4) is 0 Å². The lowest BCUT2D eigenvalue weighted by Gasteiger charge is -2.07. The highest BCUT2D eigenvalue weighted by atomic mass is 16.2. The van der Waals surface area contributed by atoms with Gasteiger partial charge in [-0.15, -0.1) is 5.10 Å². The minimum Gasteiger partial charge on any atom is -0.350 e. The number of carbonyl (C=O) groups excluding carboxylic acids is 2. The molecule has 0 aliphatic heterocycles. The lowest BCUT2D eigenvalue weighted by Crippen LogP contribution is -2.34. The summed E-state index contributed by atoms with van der Waals surface area (Å²) in [4.78, 5) is 24.1. The van der Waals surface area contributed by atoms with E-state index in [0.717, 1.165) is 12.1 Å². The molecule has 2 aromatic carbocycles. The van der Waals surface area contributed by atoms with Gasteiger partial charge in [-0.25, -0.2) is 4.68 Å². The number of benzene rings is 2. The monoisotopic (exact) mass is 337 g/mol. The number of amides is 2. The van der Waals surface area contributed by atoms with Crippen molar-refractivity contribution in [2.24, 2.45) is 0 Å². The first kappa shape index (κ1) is 16.6. The van der Waals surface area contributed by atoms with Crippen LogP contribution < -0.4 is 10.6 Å². The summed E-state index contributed by atoms with van der Waals surface area (Å²) in [6.45, 7) is 3.41. The maximum atomic E-state index is 12.2. The highest BCUT2D eigenvalue weighted by Crippen LogP contribution is 2.13. The normalized spacial score (nSPS) is 10.6. The molecule has 0 aliphatic carbocycles. The molecule has 0 saturated heterocycles. The molecule has 0 radical (unpaired) electrons. The van der Waals surface area contributed by atoms with E-state index in [4.69, 9.17) is 0 Å². The Labute approximate surface area is 145 Å². The first-order valence-corrected chi connectivity index (χ1v) is 8.13. The molecule has 2 amide bonds. The van der Waals surface area contributed by atoms with E-state index in [1.54, 1.807) is 28.9 Å². The van der Waals surface area contributed by atoms with Gasteiger partial charge in [0.1, 0.15) is 5.52 Å². The second kappa shape index (κ2) is 7.57. The fourth-order valence-corrected chi connectivity index (χ4v) is 2.49. The Balaban J connectivity index is 1.52. The third kappa shape index (κ3) is 3.82. The van der Waals surface area contributed by atoms with Crippen LogP contribution in [-0.4, -0.2) is 39.9 Å². The SMILES string of the molecule is CCn1nnc2cc(C(=O)NCCNC(=O)c3ccccc3)ccc21. The van der Waals surface area contributed by atoms with E-state index in [-0.39, 0.29) is 11.8 Å². The van der Waals surface area contributed by atoms with Gasteiger partial charge in [-0.1, -0.05) is 23.4 Å². The molecular formula is C18H19N5O2. The first-order valence-electron chi connectivity index (χ1n) is 8.13. The third-order valence-corrected chi connectivity index (χ3v) is 3.81. The molecular weight excluding hydrogens is 318 g/mol. The van der Waals surface area contributed by atoms with Crippen molar-refractivity contribution in [1.82, 2.24) is 25.6 Å². The smallest absolute Gasteiger partial charge is 0.251 e. The Morgan fingerprint density at radius 2 is 1.64 bits per heavy atom. The zero-order valence-corrected chi connectivity index (χ0v) is 13.9. The van der Waals surface area contributed by atoms with Crippen LogP contribution in [0, 0.1) is 0 Å². The van der Waals surface area contributed by atoms with Gasteiger partial charge in [-0.2, -0.15) is 0 Å². The molecule has 25 heavy (non-hydrogen) atoms. The van der Waals surface area contributed by atoms with Gasteiger partial charge >= 0.3 is 0 Å². The van der Waals surface area contributed by atoms with E-state index >= 15 is 0 Å². The molecule has 0 fully saturated rings. The number of nitrogens with zero attached hydrogens (tertiary/aromatic N) is 3. The average molecular weight is 337 g/mol. The number of aromatic nitrogens is 3. The molecule has 1 aromatic heterocycles. The van der Waals surface area contributed by atoms with Gasteiger partial charge < -0.3 is 10.6 Å². The van der Waals surface area contributed by atoms with Crippen LogP contribution in [0.1, 0.15) is 27.6 Å². The molecule has 7 nitrogen and oxygen atoms in total. The van der Waals surface area contributed by atoms with E-state index in [9.17, 15) is 9.59 Å². The molecule has 1 heterocycles. The number of hydrogen-bond donors (Lipinski definition) is 2. The predicted molar refractivity (Wildman–Crippen MR) is 94.3 cm³/mol. The largest absolute Gasteiger partial charge is 0.350 e. The first-order chi connectivity index (χ1) is 12.2. The van der Waals surface area contributed by atoms with Crippen molar-refractivity contribution in [2.75, 3.05) is 13.1 Å². The van der Waals surface area contributed by atoms with Crippen LogP contribution in [-0.2, 0) is 6.54 Å². The molecule has 3 rings (SSSR count). The van der Waals surface area contributed by atoms with Crippen LogP contribution in [0.5, 0.6) is 0 Å². The number of rotatable bonds is 6. The van der Waals surface area contributed by atoms with E-state index in [1.807, 2.05) is 31.2 Å². The summed E-state index contributed by atoms with van der Waals surface area (Å²) in [5, 5.41) is 13.6. The van der Waals surface area contributed by atoms with Crippen LogP contribution in [0.3, 0.4) is 0 Å². The average Bonchev–Trinajstić information content (AvgIpc) is 3.07. The van der Waals surface area contributed by atoms with Gasteiger partial charge in [0.2, 0.25) is 0 Å². The Morgan fingerprint density at radius 1 is 0.960 bits per heavy atom. The lowest BCUT2D eigenvalue weighted by molar-refractivity contribution is 0.0928. The van der Waals surface area contributed by atoms with Crippen molar-refractivity contribution in [1.29, 1.82) is 0 Å². The number of fused-ring (bicyclic) bond motifs is 1. The Morgan fingerprint density at radius 3 is 2.32 bits per heavy atom. The van der Waals surface area contributed by atoms with E-state index in [0.29, 0.717) is 29.7 Å². The molecule has 3 aromatic rings. The van der Waals surface area contributed by atoms with Crippen molar-refractivity contribution < 1.29 is 9.59 Å². The van der Waals surface area contributed by atoms with Crippen LogP contribution in [0.15, 0.2) is 48.5 Å². The van der Waals surface area contributed by atoms with Gasteiger partial charge in [0.25, 0.3) is 11.8 Å². The van der Waals surface area contributed by atoms with Crippen LogP contribution >= 0.6 is 0 Å². The molecule has 7 heteroatoms. The molecule has 0 unspecified atom stereocenters. The van der Waals surface area contributed by atoms with Gasteiger partial charge in [0.15, 0.2) is 0 Å². The molecule has 0 spiro atoms.